The second-order valence-electron chi connectivity index (χ2n) is 10.2. The van der Waals surface area contributed by atoms with Gasteiger partial charge in [-0.05, 0) is 29.1 Å². The molecule has 3 aliphatic rings. The van der Waals surface area contributed by atoms with E-state index in [0.717, 1.165) is 11.3 Å². The van der Waals surface area contributed by atoms with Gasteiger partial charge in [0.05, 0.1) is 25.1 Å². The standard InChI is InChI=1S/C33H25NO5S/c1-38-20-14-15-23(25(18-20)39-2)28-29(30(35)26-12-7-17-40-26)34-24-11-6-3-8-19(24)13-16-27(34)33(28)31(36)21-9-4-5-10-22(21)32(33)37/h3-18,27-29H,1-2H3/t27-,28-,29+/m1/s1. The lowest BCUT2D eigenvalue weighted by Gasteiger charge is -2.37. The SMILES string of the molecule is COc1ccc([C@@H]2[C@@H](C(=O)c3cccs3)N3c4ccccc4C=C[C@@H]3C23C(=O)c2ccccc2C3=O)c(OC)c1. The third-order valence-electron chi connectivity index (χ3n) is 8.52. The third-order valence-corrected chi connectivity index (χ3v) is 9.41. The molecule has 1 aliphatic carbocycles. The Balaban J connectivity index is 1.57. The normalized spacial score (nSPS) is 21.8. The number of hydrogen-bond acceptors (Lipinski definition) is 7. The maximum absolute atomic E-state index is 14.7. The third kappa shape index (κ3) is 3.12. The number of Topliss-reactive ketones (excluding diaryl/α,β-unsaturated/α-hetero) is 3. The first kappa shape index (κ1) is 24.5. The molecule has 1 aromatic heterocycles. The molecule has 198 valence electrons. The van der Waals surface area contributed by atoms with Gasteiger partial charge < -0.3 is 14.4 Å². The topological polar surface area (TPSA) is 72.9 Å². The molecule has 3 atom stereocenters. The summed E-state index contributed by atoms with van der Waals surface area (Å²) < 4.78 is 11.3. The van der Waals surface area contributed by atoms with Gasteiger partial charge in [0.2, 0.25) is 0 Å². The molecule has 1 spiro atoms. The van der Waals surface area contributed by atoms with Gasteiger partial charge >= 0.3 is 0 Å². The van der Waals surface area contributed by atoms with Crippen LogP contribution in [0.15, 0.2) is 90.3 Å². The van der Waals surface area contributed by atoms with E-state index in [4.69, 9.17) is 9.47 Å². The van der Waals surface area contributed by atoms with Crippen LogP contribution in [0.5, 0.6) is 11.5 Å². The fourth-order valence-electron chi connectivity index (χ4n) is 6.90. The monoisotopic (exact) mass is 547 g/mol. The molecule has 6 nitrogen and oxygen atoms in total. The molecule has 0 saturated carbocycles. The van der Waals surface area contributed by atoms with E-state index in [1.807, 2.05) is 58.8 Å². The van der Waals surface area contributed by atoms with E-state index in [-0.39, 0.29) is 17.3 Å². The fraction of sp³-hybridized carbons (Fsp3) is 0.182. The average molecular weight is 548 g/mol. The lowest BCUT2D eigenvalue weighted by molar-refractivity contribution is 0.0665. The summed E-state index contributed by atoms with van der Waals surface area (Å²) in [6, 6.07) is 22.3. The number of thiophene rings is 1. The highest BCUT2D eigenvalue weighted by Gasteiger charge is 2.72. The molecule has 3 heterocycles. The van der Waals surface area contributed by atoms with Gasteiger partial charge in [0.15, 0.2) is 17.3 Å². The van der Waals surface area contributed by atoms with E-state index >= 15 is 0 Å². The van der Waals surface area contributed by atoms with Gasteiger partial charge in [-0.3, -0.25) is 14.4 Å². The number of carbonyl (C=O) groups excluding carboxylic acids is 3. The summed E-state index contributed by atoms with van der Waals surface area (Å²) in [4.78, 5) is 46.5. The zero-order chi connectivity index (χ0) is 27.6. The Bertz CT molecular complexity index is 1690. The lowest BCUT2D eigenvalue weighted by atomic mass is 9.64. The molecule has 7 heteroatoms. The number of nitrogens with zero attached hydrogens (tertiary/aromatic N) is 1. The summed E-state index contributed by atoms with van der Waals surface area (Å²) >= 11 is 1.36. The zero-order valence-electron chi connectivity index (χ0n) is 21.9. The molecular weight excluding hydrogens is 522 g/mol. The minimum atomic E-state index is -1.58. The van der Waals surface area contributed by atoms with Crippen molar-refractivity contribution in [3.63, 3.8) is 0 Å². The molecule has 0 amide bonds. The molecule has 7 rings (SSSR count). The summed E-state index contributed by atoms with van der Waals surface area (Å²) in [6.45, 7) is 0. The van der Waals surface area contributed by atoms with Crippen molar-refractivity contribution in [1.29, 1.82) is 0 Å². The van der Waals surface area contributed by atoms with Crippen LogP contribution in [0.3, 0.4) is 0 Å². The molecule has 1 saturated heterocycles. The fourth-order valence-corrected chi connectivity index (χ4v) is 7.60. The van der Waals surface area contributed by atoms with Crippen molar-refractivity contribution in [1.82, 2.24) is 0 Å². The molecular formula is C33H25NO5S. The Morgan fingerprint density at radius 3 is 2.27 bits per heavy atom. The number of para-hydroxylation sites is 1. The van der Waals surface area contributed by atoms with Crippen LogP contribution in [0.1, 0.15) is 47.4 Å². The number of methoxy groups -OCH3 is 2. The summed E-state index contributed by atoms with van der Waals surface area (Å²) in [7, 11) is 3.11. The smallest absolute Gasteiger partial charge is 0.195 e. The van der Waals surface area contributed by atoms with Gasteiger partial charge in [0, 0.05) is 34.4 Å². The molecule has 2 aliphatic heterocycles. The zero-order valence-corrected chi connectivity index (χ0v) is 22.7. The molecule has 0 bridgehead atoms. The first-order valence-corrected chi connectivity index (χ1v) is 13.9. The van der Waals surface area contributed by atoms with Crippen molar-refractivity contribution in [3.8, 4) is 11.5 Å². The van der Waals surface area contributed by atoms with Crippen LogP contribution in [0, 0.1) is 5.41 Å². The van der Waals surface area contributed by atoms with Crippen LogP contribution in [0.2, 0.25) is 0 Å². The van der Waals surface area contributed by atoms with Gasteiger partial charge in [-0.1, -0.05) is 66.7 Å². The van der Waals surface area contributed by atoms with Crippen molar-refractivity contribution < 1.29 is 23.9 Å². The number of ether oxygens (including phenoxy) is 2. The summed E-state index contributed by atoms with van der Waals surface area (Å²) in [6.07, 6.45) is 3.89. The van der Waals surface area contributed by atoms with Crippen LogP contribution in [-0.4, -0.2) is 43.7 Å². The molecule has 0 N–H and O–H groups in total. The Morgan fingerprint density at radius 1 is 0.875 bits per heavy atom. The maximum Gasteiger partial charge on any atom is 0.195 e. The number of hydrogen-bond donors (Lipinski definition) is 0. The molecule has 40 heavy (non-hydrogen) atoms. The average Bonchev–Trinajstić information content (AvgIpc) is 3.70. The first-order valence-electron chi connectivity index (χ1n) is 13.1. The van der Waals surface area contributed by atoms with Crippen LogP contribution < -0.4 is 14.4 Å². The molecule has 3 aromatic carbocycles. The molecule has 0 radical (unpaired) electrons. The summed E-state index contributed by atoms with van der Waals surface area (Å²) in [5.74, 6) is -0.476. The van der Waals surface area contributed by atoms with Gasteiger partial charge in [-0.25, -0.2) is 0 Å². The van der Waals surface area contributed by atoms with Gasteiger partial charge in [-0.15, -0.1) is 11.3 Å². The van der Waals surface area contributed by atoms with Crippen molar-refractivity contribution in [2.45, 2.75) is 18.0 Å². The Labute approximate surface area is 235 Å². The summed E-state index contributed by atoms with van der Waals surface area (Å²) in [5.41, 5.74) is 1.56. The number of carbonyl (C=O) groups is 3. The minimum Gasteiger partial charge on any atom is -0.497 e. The first-order chi connectivity index (χ1) is 19.5. The van der Waals surface area contributed by atoms with Crippen molar-refractivity contribution in [2.75, 3.05) is 19.1 Å². The Morgan fingerprint density at radius 2 is 1.60 bits per heavy atom. The highest BCUT2D eigenvalue weighted by atomic mass is 32.1. The van der Waals surface area contributed by atoms with E-state index in [1.54, 1.807) is 56.7 Å². The number of fused-ring (bicyclic) bond motifs is 5. The molecule has 1 fully saturated rings. The summed E-state index contributed by atoms with van der Waals surface area (Å²) in [5, 5.41) is 1.87. The van der Waals surface area contributed by atoms with E-state index in [1.165, 1.54) is 11.3 Å². The van der Waals surface area contributed by atoms with Crippen molar-refractivity contribution in [3.05, 3.63) is 117 Å². The largest absolute Gasteiger partial charge is 0.497 e. The van der Waals surface area contributed by atoms with Crippen LogP contribution >= 0.6 is 11.3 Å². The number of rotatable bonds is 5. The van der Waals surface area contributed by atoms with Crippen molar-refractivity contribution >= 4 is 40.4 Å². The van der Waals surface area contributed by atoms with Crippen molar-refractivity contribution in [2.24, 2.45) is 5.41 Å². The van der Waals surface area contributed by atoms with E-state index in [0.29, 0.717) is 33.1 Å². The van der Waals surface area contributed by atoms with E-state index in [9.17, 15) is 14.4 Å². The molecule has 0 unspecified atom stereocenters. The lowest BCUT2D eigenvalue weighted by Crippen LogP contribution is -2.48. The van der Waals surface area contributed by atoms with Gasteiger partial charge in [-0.2, -0.15) is 0 Å². The second kappa shape index (κ2) is 9.03. The Kier molecular flexibility index (Phi) is 5.54. The quantitative estimate of drug-likeness (QED) is 0.223. The van der Waals surface area contributed by atoms with E-state index < -0.39 is 23.4 Å². The predicted octanol–water partition coefficient (Wildman–Crippen LogP) is 6.08. The van der Waals surface area contributed by atoms with Gasteiger partial charge in [0.1, 0.15) is 23.0 Å². The highest BCUT2D eigenvalue weighted by Crippen LogP contribution is 2.62. The molecule has 4 aromatic rings. The predicted molar refractivity (Wildman–Crippen MR) is 154 cm³/mol. The second-order valence-corrected chi connectivity index (χ2v) is 11.2. The number of anilines is 1. The number of ketones is 3. The number of benzene rings is 3. The van der Waals surface area contributed by atoms with Crippen LogP contribution in [0.25, 0.3) is 6.08 Å². The van der Waals surface area contributed by atoms with Gasteiger partial charge in [0.25, 0.3) is 0 Å². The minimum absolute atomic E-state index is 0.138. The maximum atomic E-state index is 14.7. The van der Waals surface area contributed by atoms with E-state index in [2.05, 4.69) is 0 Å². The van der Waals surface area contributed by atoms with Crippen LogP contribution in [-0.2, 0) is 0 Å². The Hall–Kier alpha value is -4.49. The highest BCUT2D eigenvalue weighted by molar-refractivity contribution is 7.12. The van der Waals surface area contributed by atoms with Crippen LogP contribution in [0.4, 0.5) is 5.69 Å².